The molecule has 3 nitrogen and oxygen atoms in total. The maximum Gasteiger partial charge on any atom is 0.339 e. The van der Waals surface area contributed by atoms with Crippen LogP contribution < -0.4 is 4.74 Å². The van der Waals surface area contributed by atoms with Crippen LogP contribution in [0.3, 0.4) is 0 Å². The van der Waals surface area contributed by atoms with Crippen LogP contribution in [0.2, 0.25) is 0 Å². The maximum absolute atomic E-state index is 10.9. The first-order valence-corrected chi connectivity index (χ1v) is 5.15. The minimum Gasteiger partial charge on any atom is -0.490 e. The quantitative estimate of drug-likeness (QED) is 0.905. The average molecular weight is 257 g/mol. The van der Waals surface area contributed by atoms with Gasteiger partial charge in [0.15, 0.2) is 0 Å². The third-order valence-electron chi connectivity index (χ3n) is 1.99. The van der Waals surface area contributed by atoms with E-state index in [2.05, 4.69) is 15.9 Å². The Morgan fingerprint density at radius 2 is 2.21 bits per heavy atom. The summed E-state index contributed by atoms with van der Waals surface area (Å²) >= 11 is 3.23. The number of carboxylic acids is 1. The number of hydrogen-bond acceptors (Lipinski definition) is 2. The Bertz CT molecular complexity index is 372. The topological polar surface area (TPSA) is 46.5 Å². The van der Waals surface area contributed by atoms with Crippen molar-refractivity contribution >= 4 is 21.9 Å². The van der Waals surface area contributed by atoms with Crippen LogP contribution in [0.1, 0.15) is 23.2 Å². The predicted octanol–water partition coefficient (Wildman–Crippen LogP) is 2.69. The molecule has 0 unspecified atom stereocenters. The first kappa shape index (κ1) is 9.52. The van der Waals surface area contributed by atoms with E-state index in [0.29, 0.717) is 5.75 Å². The first-order valence-electron chi connectivity index (χ1n) is 4.36. The average Bonchev–Trinajstić information content (AvgIpc) is 2.91. The van der Waals surface area contributed by atoms with Gasteiger partial charge in [-0.05, 0) is 31.0 Å². The minimum absolute atomic E-state index is 0.214. The van der Waals surface area contributed by atoms with Crippen LogP contribution in [0.15, 0.2) is 22.7 Å². The summed E-state index contributed by atoms with van der Waals surface area (Å²) in [6, 6.07) is 5.02. The summed E-state index contributed by atoms with van der Waals surface area (Å²) in [6.45, 7) is 0. The predicted molar refractivity (Wildman–Crippen MR) is 54.8 cm³/mol. The van der Waals surface area contributed by atoms with Gasteiger partial charge in [0.25, 0.3) is 0 Å². The highest BCUT2D eigenvalue weighted by Gasteiger charge is 2.25. The molecule has 14 heavy (non-hydrogen) atoms. The zero-order chi connectivity index (χ0) is 10.1. The smallest absolute Gasteiger partial charge is 0.339 e. The third-order valence-corrected chi connectivity index (χ3v) is 2.48. The van der Waals surface area contributed by atoms with E-state index in [9.17, 15) is 4.79 Å². The molecule has 0 aliphatic heterocycles. The molecule has 1 aromatic rings. The molecule has 1 fully saturated rings. The standard InChI is InChI=1S/C10H9BrO3/c11-6-1-4-9(14-7-2-3-7)8(5-6)10(12)13/h1,4-5,7H,2-3H2,(H,12,13). The van der Waals surface area contributed by atoms with E-state index in [0.717, 1.165) is 17.3 Å². The lowest BCUT2D eigenvalue weighted by molar-refractivity contribution is 0.0692. The number of benzene rings is 1. The van der Waals surface area contributed by atoms with Crippen LogP contribution in [0.25, 0.3) is 0 Å². The molecule has 2 rings (SSSR count). The maximum atomic E-state index is 10.9. The lowest BCUT2D eigenvalue weighted by atomic mass is 10.2. The van der Waals surface area contributed by atoms with Crippen molar-refractivity contribution < 1.29 is 14.6 Å². The second-order valence-electron chi connectivity index (χ2n) is 3.26. The van der Waals surface area contributed by atoms with Crippen molar-refractivity contribution in [3.05, 3.63) is 28.2 Å². The summed E-state index contributed by atoms with van der Waals surface area (Å²) in [5.74, 6) is -0.495. The van der Waals surface area contributed by atoms with E-state index in [1.54, 1.807) is 18.2 Å². The summed E-state index contributed by atoms with van der Waals surface area (Å²) in [5.41, 5.74) is 0.214. The largest absolute Gasteiger partial charge is 0.490 e. The molecule has 0 amide bonds. The Morgan fingerprint density at radius 3 is 2.79 bits per heavy atom. The Kier molecular flexibility index (Phi) is 2.46. The molecule has 0 saturated heterocycles. The summed E-state index contributed by atoms with van der Waals surface area (Å²) < 4.78 is 6.22. The second kappa shape index (κ2) is 3.61. The van der Waals surface area contributed by atoms with Crippen LogP contribution in [0.5, 0.6) is 5.75 Å². The third kappa shape index (κ3) is 2.07. The highest BCUT2D eigenvalue weighted by Crippen LogP contribution is 2.30. The molecule has 0 bridgehead atoms. The molecular formula is C10H9BrO3. The number of hydrogen-bond donors (Lipinski definition) is 1. The van der Waals surface area contributed by atoms with Crippen molar-refractivity contribution in [1.29, 1.82) is 0 Å². The molecule has 1 aliphatic carbocycles. The van der Waals surface area contributed by atoms with E-state index in [-0.39, 0.29) is 11.7 Å². The number of ether oxygens (including phenoxy) is 1. The van der Waals surface area contributed by atoms with Crippen LogP contribution in [0, 0.1) is 0 Å². The molecule has 0 aromatic heterocycles. The molecule has 4 heteroatoms. The van der Waals surface area contributed by atoms with Gasteiger partial charge in [0.1, 0.15) is 11.3 Å². The first-order chi connectivity index (χ1) is 6.66. The second-order valence-corrected chi connectivity index (χ2v) is 4.18. The van der Waals surface area contributed by atoms with Crippen molar-refractivity contribution in [3.8, 4) is 5.75 Å². The van der Waals surface area contributed by atoms with Crippen molar-refractivity contribution in [2.75, 3.05) is 0 Å². The number of carboxylic acid groups (broad SMARTS) is 1. The van der Waals surface area contributed by atoms with Gasteiger partial charge in [0.2, 0.25) is 0 Å². The SMILES string of the molecule is O=C(O)c1cc(Br)ccc1OC1CC1. The molecule has 1 aromatic carbocycles. The molecule has 0 spiro atoms. The highest BCUT2D eigenvalue weighted by molar-refractivity contribution is 9.10. The van der Waals surface area contributed by atoms with Gasteiger partial charge in [-0.3, -0.25) is 0 Å². The van der Waals surface area contributed by atoms with Gasteiger partial charge in [-0.1, -0.05) is 15.9 Å². The molecule has 0 heterocycles. The fourth-order valence-corrected chi connectivity index (χ4v) is 1.50. The van der Waals surface area contributed by atoms with E-state index in [1.165, 1.54) is 0 Å². The van der Waals surface area contributed by atoms with Crippen LogP contribution in [0.4, 0.5) is 0 Å². The van der Waals surface area contributed by atoms with Gasteiger partial charge < -0.3 is 9.84 Å². The lowest BCUT2D eigenvalue weighted by Gasteiger charge is -2.07. The lowest BCUT2D eigenvalue weighted by Crippen LogP contribution is -2.04. The molecule has 74 valence electrons. The monoisotopic (exact) mass is 256 g/mol. The number of aromatic carboxylic acids is 1. The van der Waals surface area contributed by atoms with Crippen molar-refractivity contribution in [2.24, 2.45) is 0 Å². The number of halogens is 1. The van der Waals surface area contributed by atoms with Gasteiger partial charge in [0, 0.05) is 4.47 Å². The van der Waals surface area contributed by atoms with Gasteiger partial charge in [-0.2, -0.15) is 0 Å². The minimum atomic E-state index is -0.957. The van der Waals surface area contributed by atoms with Gasteiger partial charge >= 0.3 is 5.97 Å². The molecular weight excluding hydrogens is 248 g/mol. The Hall–Kier alpha value is -1.03. The van der Waals surface area contributed by atoms with E-state index in [1.807, 2.05) is 0 Å². The van der Waals surface area contributed by atoms with E-state index in [4.69, 9.17) is 9.84 Å². The number of rotatable bonds is 3. The van der Waals surface area contributed by atoms with E-state index < -0.39 is 5.97 Å². The fraction of sp³-hybridized carbons (Fsp3) is 0.300. The Morgan fingerprint density at radius 1 is 1.50 bits per heavy atom. The molecule has 1 aliphatic rings. The zero-order valence-electron chi connectivity index (χ0n) is 7.37. The highest BCUT2D eigenvalue weighted by atomic mass is 79.9. The fourth-order valence-electron chi connectivity index (χ4n) is 1.14. The van der Waals surface area contributed by atoms with Crippen molar-refractivity contribution in [2.45, 2.75) is 18.9 Å². The molecule has 0 atom stereocenters. The normalized spacial score (nSPS) is 15.2. The van der Waals surface area contributed by atoms with Gasteiger partial charge in [0.05, 0.1) is 6.10 Å². The molecule has 1 N–H and O–H groups in total. The molecule has 1 saturated carbocycles. The summed E-state index contributed by atoms with van der Waals surface area (Å²) in [7, 11) is 0. The van der Waals surface area contributed by atoms with Crippen molar-refractivity contribution in [3.63, 3.8) is 0 Å². The summed E-state index contributed by atoms with van der Waals surface area (Å²) in [5, 5.41) is 8.92. The Labute approximate surface area is 89.8 Å². The summed E-state index contributed by atoms with van der Waals surface area (Å²) in [6.07, 6.45) is 2.26. The Balaban J connectivity index is 2.31. The number of carbonyl (C=O) groups is 1. The zero-order valence-corrected chi connectivity index (χ0v) is 8.95. The van der Waals surface area contributed by atoms with Gasteiger partial charge in [-0.15, -0.1) is 0 Å². The van der Waals surface area contributed by atoms with Crippen molar-refractivity contribution in [1.82, 2.24) is 0 Å². The van der Waals surface area contributed by atoms with Crippen LogP contribution >= 0.6 is 15.9 Å². The van der Waals surface area contributed by atoms with E-state index >= 15 is 0 Å². The van der Waals surface area contributed by atoms with Gasteiger partial charge in [-0.25, -0.2) is 4.79 Å². The summed E-state index contributed by atoms with van der Waals surface area (Å²) in [4.78, 5) is 10.9. The molecule has 0 radical (unpaired) electrons. The van der Waals surface area contributed by atoms with Crippen LogP contribution in [-0.4, -0.2) is 17.2 Å². The van der Waals surface area contributed by atoms with Crippen LogP contribution in [-0.2, 0) is 0 Å².